The minimum atomic E-state index is 0.167. The second kappa shape index (κ2) is 6.18. The van der Waals surface area contributed by atoms with E-state index in [4.69, 9.17) is 5.11 Å². The summed E-state index contributed by atoms with van der Waals surface area (Å²) >= 11 is 0. The molecule has 1 fully saturated rings. The van der Waals surface area contributed by atoms with Gasteiger partial charge in [0, 0.05) is 12.8 Å². The van der Waals surface area contributed by atoms with Crippen LogP contribution in [0, 0.1) is 0 Å². The molecule has 0 bridgehead atoms. The van der Waals surface area contributed by atoms with Gasteiger partial charge in [-0.05, 0) is 12.8 Å². The van der Waals surface area contributed by atoms with E-state index in [1.165, 1.54) is 0 Å². The first-order chi connectivity index (χ1) is 4.31. The van der Waals surface area contributed by atoms with Gasteiger partial charge in [-0.15, -0.1) is 9.24 Å². The molecule has 3 heteroatoms. The van der Waals surface area contributed by atoms with Crippen molar-refractivity contribution in [2.45, 2.75) is 25.7 Å². The van der Waals surface area contributed by atoms with Gasteiger partial charge < -0.3 is 5.11 Å². The van der Waals surface area contributed by atoms with Gasteiger partial charge in [0.05, 0.1) is 6.35 Å². The van der Waals surface area contributed by atoms with Crippen LogP contribution in [0.15, 0.2) is 0 Å². The number of Topliss-reactive ketones (excluding diaryl/α,β-unsaturated/α-hetero) is 1. The fourth-order valence-corrected chi connectivity index (χ4v) is 0.769. The Morgan fingerprint density at radius 1 is 1.44 bits per heavy atom. The van der Waals surface area contributed by atoms with Crippen LogP contribution >= 0.6 is 9.24 Å². The first-order valence-corrected chi connectivity index (χ1v) is 3.95. The van der Waals surface area contributed by atoms with Crippen molar-refractivity contribution in [2.75, 3.05) is 6.35 Å². The van der Waals surface area contributed by atoms with E-state index in [9.17, 15) is 4.79 Å². The minimum Gasteiger partial charge on any atom is -0.392 e. The lowest BCUT2D eigenvalue weighted by molar-refractivity contribution is -0.117. The van der Waals surface area contributed by atoms with Crippen molar-refractivity contribution in [3.8, 4) is 0 Å². The van der Waals surface area contributed by atoms with Gasteiger partial charge in [0.1, 0.15) is 5.78 Å². The van der Waals surface area contributed by atoms with Gasteiger partial charge in [0.2, 0.25) is 0 Å². The fourth-order valence-electron chi connectivity index (χ4n) is 0.769. The molecule has 0 aromatic carbocycles. The SMILES string of the molecule is O=C1CCCC1.OCP. The molecule has 0 saturated heterocycles. The Bertz CT molecular complexity index is 75.1. The van der Waals surface area contributed by atoms with E-state index in [1.807, 2.05) is 0 Å². The molecule has 0 aliphatic heterocycles. The van der Waals surface area contributed by atoms with Crippen LogP contribution in [-0.2, 0) is 4.79 Å². The van der Waals surface area contributed by atoms with E-state index in [2.05, 4.69) is 9.24 Å². The van der Waals surface area contributed by atoms with Crippen LogP contribution in [0.3, 0.4) is 0 Å². The third-order valence-electron chi connectivity index (χ3n) is 1.16. The predicted octanol–water partition coefficient (Wildman–Crippen LogP) is 0.941. The van der Waals surface area contributed by atoms with Gasteiger partial charge in [-0.2, -0.15) is 0 Å². The third kappa shape index (κ3) is 5.94. The molecule has 1 unspecified atom stereocenters. The van der Waals surface area contributed by atoms with E-state index in [0.29, 0.717) is 5.78 Å². The molecule has 1 atom stereocenters. The number of carbonyl (C=O) groups is 1. The molecule has 0 aromatic heterocycles. The molecule has 2 nitrogen and oxygen atoms in total. The van der Waals surface area contributed by atoms with Crippen molar-refractivity contribution in [3.05, 3.63) is 0 Å². The molecule has 1 aliphatic rings. The van der Waals surface area contributed by atoms with Crippen LogP contribution in [0.1, 0.15) is 25.7 Å². The Balaban J connectivity index is 0.000000187. The number of hydrogen-bond donors (Lipinski definition) is 1. The smallest absolute Gasteiger partial charge is 0.132 e. The van der Waals surface area contributed by atoms with E-state index in [-0.39, 0.29) is 6.35 Å². The molecule has 0 amide bonds. The van der Waals surface area contributed by atoms with Crippen molar-refractivity contribution in [1.82, 2.24) is 0 Å². The Morgan fingerprint density at radius 2 is 1.78 bits per heavy atom. The molecule has 9 heavy (non-hydrogen) atoms. The van der Waals surface area contributed by atoms with Crippen molar-refractivity contribution in [3.63, 3.8) is 0 Å². The highest BCUT2D eigenvalue weighted by atomic mass is 31.0. The predicted molar refractivity (Wildman–Crippen MR) is 40.3 cm³/mol. The average molecular weight is 148 g/mol. The summed E-state index contributed by atoms with van der Waals surface area (Å²) in [5, 5.41) is 7.53. The minimum absolute atomic E-state index is 0.167. The van der Waals surface area contributed by atoms with E-state index >= 15 is 0 Å². The lowest BCUT2D eigenvalue weighted by atomic mass is 10.4. The topological polar surface area (TPSA) is 37.3 Å². The number of rotatable bonds is 0. The summed E-state index contributed by atoms with van der Waals surface area (Å²) in [7, 11) is 2.13. The maximum Gasteiger partial charge on any atom is 0.132 e. The number of hydrogen-bond acceptors (Lipinski definition) is 2. The van der Waals surface area contributed by atoms with Crippen LogP contribution in [0.2, 0.25) is 0 Å². The number of aliphatic hydroxyl groups excluding tert-OH is 1. The fraction of sp³-hybridized carbons (Fsp3) is 0.833. The molecule has 1 rings (SSSR count). The van der Waals surface area contributed by atoms with Crippen molar-refractivity contribution in [1.29, 1.82) is 0 Å². The van der Waals surface area contributed by atoms with Gasteiger partial charge in [0.25, 0.3) is 0 Å². The first kappa shape index (κ1) is 9.06. The second-order valence-electron chi connectivity index (χ2n) is 1.93. The third-order valence-corrected chi connectivity index (χ3v) is 1.16. The Hall–Kier alpha value is 0.0600. The zero-order chi connectivity index (χ0) is 7.11. The lowest BCUT2D eigenvalue weighted by Gasteiger charge is -1.71. The number of aliphatic hydroxyl groups is 1. The molecule has 0 radical (unpaired) electrons. The molecular formula is C6H13O2P. The van der Waals surface area contributed by atoms with Crippen molar-refractivity contribution >= 4 is 15.0 Å². The Kier molecular flexibility index (Phi) is 6.23. The van der Waals surface area contributed by atoms with Crippen LogP contribution in [-0.4, -0.2) is 17.2 Å². The van der Waals surface area contributed by atoms with Gasteiger partial charge in [-0.1, -0.05) is 0 Å². The maximum absolute atomic E-state index is 10.2. The zero-order valence-electron chi connectivity index (χ0n) is 5.47. The van der Waals surface area contributed by atoms with Gasteiger partial charge in [-0.25, -0.2) is 0 Å². The Labute approximate surface area is 57.8 Å². The highest BCUT2D eigenvalue weighted by Crippen LogP contribution is 2.11. The molecular weight excluding hydrogens is 135 g/mol. The Morgan fingerprint density at radius 3 is 1.89 bits per heavy atom. The zero-order valence-corrected chi connectivity index (χ0v) is 6.62. The molecule has 1 aliphatic carbocycles. The summed E-state index contributed by atoms with van der Waals surface area (Å²) in [6, 6.07) is 0. The quantitative estimate of drug-likeness (QED) is 0.519. The highest BCUT2D eigenvalue weighted by Gasteiger charge is 2.07. The summed E-state index contributed by atoms with van der Waals surface area (Å²) in [5.41, 5.74) is 0. The maximum atomic E-state index is 10.2. The normalized spacial score (nSPS) is 16.9. The van der Waals surface area contributed by atoms with E-state index < -0.39 is 0 Å². The molecule has 1 saturated carbocycles. The first-order valence-electron chi connectivity index (χ1n) is 3.14. The van der Waals surface area contributed by atoms with Gasteiger partial charge in [0.15, 0.2) is 0 Å². The number of carbonyl (C=O) groups excluding carboxylic acids is 1. The average Bonchev–Trinajstić information content (AvgIpc) is 2.20. The standard InChI is InChI=1S/C5H8O.CH5OP/c6-5-3-1-2-4-5;2-1-3/h1-4H2;2H,1,3H2. The van der Waals surface area contributed by atoms with Gasteiger partial charge in [-0.3, -0.25) is 4.79 Å². The van der Waals surface area contributed by atoms with Crippen LogP contribution in [0.25, 0.3) is 0 Å². The second-order valence-corrected chi connectivity index (χ2v) is 2.29. The van der Waals surface area contributed by atoms with Gasteiger partial charge >= 0.3 is 0 Å². The van der Waals surface area contributed by atoms with Crippen LogP contribution in [0.5, 0.6) is 0 Å². The summed E-state index contributed by atoms with van der Waals surface area (Å²) in [5.74, 6) is 0.454. The monoisotopic (exact) mass is 148 g/mol. The van der Waals surface area contributed by atoms with Crippen LogP contribution < -0.4 is 0 Å². The highest BCUT2D eigenvalue weighted by molar-refractivity contribution is 7.16. The molecule has 54 valence electrons. The molecule has 0 aromatic rings. The van der Waals surface area contributed by atoms with Crippen molar-refractivity contribution in [2.24, 2.45) is 0 Å². The van der Waals surface area contributed by atoms with Crippen molar-refractivity contribution < 1.29 is 9.90 Å². The number of ketones is 1. The lowest BCUT2D eigenvalue weighted by Crippen LogP contribution is -1.81. The van der Waals surface area contributed by atoms with Crippen LogP contribution in [0.4, 0.5) is 0 Å². The van der Waals surface area contributed by atoms with E-state index in [0.717, 1.165) is 25.7 Å². The summed E-state index contributed by atoms with van der Waals surface area (Å²) < 4.78 is 0. The summed E-state index contributed by atoms with van der Waals surface area (Å²) in [6.07, 6.45) is 4.14. The molecule has 1 N–H and O–H groups in total. The van der Waals surface area contributed by atoms with E-state index in [1.54, 1.807) is 0 Å². The molecule has 0 heterocycles. The summed E-state index contributed by atoms with van der Waals surface area (Å²) in [6.45, 7) is 0. The summed E-state index contributed by atoms with van der Waals surface area (Å²) in [4.78, 5) is 10.2. The largest absolute Gasteiger partial charge is 0.392 e. The molecule has 0 spiro atoms.